The normalized spacial score (nSPS) is 10.6. The van der Waals surface area contributed by atoms with Gasteiger partial charge in [-0.05, 0) is 55.3 Å². The number of nitrogens with two attached hydrogens (primary N) is 1. The number of benzene rings is 2. The maximum atomic E-state index is 13.3. The molecule has 0 atom stereocenters. The van der Waals surface area contributed by atoms with Gasteiger partial charge < -0.3 is 16.4 Å². The van der Waals surface area contributed by atoms with Gasteiger partial charge in [0.1, 0.15) is 17.8 Å². The number of hydrogen-bond donors (Lipinski definition) is 3. The molecule has 2 aromatic carbocycles. The highest BCUT2D eigenvalue weighted by Gasteiger charge is 2.10. The Labute approximate surface area is 150 Å². The number of nitrogens with zero attached hydrogens (tertiary/aromatic N) is 2. The van der Waals surface area contributed by atoms with Crippen molar-refractivity contribution in [2.45, 2.75) is 13.8 Å². The summed E-state index contributed by atoms with van der Waals surface area (Å²) < 4.78 is 13.3. The van der Waals surface area contributed by atoms with Gasteiger partial charge in [0.05, 0.1) is 5.02 Å². The van der Waals surface area contributed by atoms with Crippen molar-refractivity contribution in [3.8, 4) is 0 Å². The van der Waals surface area contributed by atoms with Crippen LogP contribution in [0.1, 0.15) is 11.1 Å². The molecule has 128 valence electrons. The monoisotopic (exact) mass is 357 g/mol. The van der Waals surface area contributed by atoms with E-state index < -0.39 is 5.82 Å². The Morgan fingerprint density at radius 1 is 0.920 bits per heavy atom. The molecule has 0 spiro atoms. The van der Waals surface area contributed by atoms with Crippen LogP contribution in [-0.4, -0.2) is 9.97 Å². The van der Waals surface area contributed by atoms with E-state index in [9.17, 15) is 4.39 Å². The summed E-state index contributed by atoms with van der Waals surface area (Å²) in [5, 5.41) is 6.22. The number of rotatable bonds is 4. The second-order valence-electron chi connectivity index (χ2n) is 5.66. The molecule has 0 aliphatic heterocycles. The number of nitrogen functional groups attached to an aromatic ring is 1. The van der Waals surface area contributed by atoms with Crippen LogP contribution in [0.5, 0.6) is 0 Å². The molecule has 25 heavy (non-hydrogen) atoms. The first kappa shape index (κ1) is 17.0. The molecule has 7 heteroatoms. The Balaban J connectivity index is 1.86. The largest absolute Gasteiger partial charge is 0.393 e. The van der Waals surface area contributed by atoms with E-state index in [-0.39, 0.29) is 5.02 Å². The first-order chi connectivity index (χ1) is 11.9. The van der Waals surface area contributed by atoms with Gasteiger partial charge in [0.2, 0.25) is 0 Å². The quantitative estimate of drug-likeness (QED) is 0.615. The molecule has 1 aromatic heterocycles. The third kappa shape index (κ3) is 3.80. The summed E-state index contributed by atoms with van der Waals surface area (Å²) >= 11 is 5.79. The smallest absolute Gasteiger partial charge is 0.159 e. The number of nitrogens with one attached hydrogen (secondary N) is 2. The molecular formula is C18H17ClFN5. The van der Waals surface area contributed by atoms with Crippen molar-refractivity contribution in [3.63, 3.8) is 0 Å². The average molecular weight is 358 g/mol. The van der Waals surface area contributed by atoms with Gasteiger partial charge in [0.15, 0.2) is 11.6 Å². The lowest BCUT2D eigenvalue weighted by Crippen LogP contribution is -2.05. The Kier molecular flexibility index (Phi) is 4.72. The van der Waals surface area contributed by atoms with Crippen LogP contribution in [0.15, 0.2) is 42.7 Å². The van der Waals surface area contributed by atoms with Crippen LogP contribution in [0, 0.1) is 19.7 Å². The van der Waals surface area contributed by atoms with Crippen LogP contribution in [0.3, 0.4) is 0 Å². The van der Waals surface area contributed by atoms with Gasteiger partial charge in [-0.1, -0.05) is 17.7 Å². The zero-order chi connectivity index (χ0) is 18.0. The van der Waals surface area contributed by atoms with Crippen LogP contribution in [0.25, 0.3) is 0 Å². The first-order valence-electron chi connectivity index (χ1n) is 7.61. The van der Waals surface area contributed by atoms with Crippen molar-refractivity contribution in [2.24, 2.45) is 0 Å². The molecule has 0 aliphatic carbocycles. The van der Waals surface area contributed by atoms with E-state index in [0.717, 1.165) is 11.3 Å². The number of halogens is 2. The third-order valence-electron chi connectivity index (χ3n) is 3.84. The molecule has 5 nitrogen and oxygen atoms in total. The lowest BCUT2D eigenvalue weighted by molar-refractivity contribution is 0.628. The van der Waals surface area contributed by atoms with Crippen LogP contribution in [0.2, 0.25) is 5.02 Å². The zero-order valence-corrected chi connectivity index (χ0v) is 14.5. The van der Waals surface area contributed by atoms with Crippen molar-refractivity contribution < 1.29 is 4.39 Å². The number of hydrogen-bond acceptors (Lipinski definition) is 5. The maximum absolute atomic E-state index is 13.3. The minimum atomic E-state index is -0.486. The minimum Gasteiger partial charge on any atom is -0.393 e. The summed E-state index contributed by atoms with van der Waals surface area (Å²) in [6.07, 6.45) is 1.40. The second-order valence-corrected chi connectivity index (χ2v) is 6.07. The van der Waals surface area contributed by atoms with Crippen molar-refractivity contribution in [2.75, 3.05) is 16.4 Å². The molecular weight excluding hydrogens is 341 g/mol. The fraction of sp³-hybridized carbons (Fsp3) is 0.111. The summed E-state index contributed by atoms with van der Waals surface area (Å²) in [6.45, 7) is 4.09. The van der Waals surface area contributed by atoms with Gasteiger partial charge in [-0.25, -0.2) is 14.4 Å². The summed E-state index contributed by atoms with van der Waals surface area (Å²) in [4.78, 5) is 8.32. The lowest BCUT2D eigenvalue weighted by atomic mass is 10.1. The van der Waals surface area contributed by atoms with E-state index in [4.69, 9.17) is 17.3 Å². The minimum absolute atomic E-state index is 0.0195. The molecule has 0 unspecified atom stereocenters. The topological polar surface area (TPSA) is 75.9 Å². The van der Waals surface area contributed by atoms with Gasteiger partial charge >= 0.3 is 0 Å². The average Bonchev–Trinajstić information content (AvgIpc) is 2.58. The summed E-state index contributed by atoms with van der Waals surface area (Å²) in [5.74, 6) is 0.401. The predicted molar refractivity (Wildman–Crippen MR) is 100 cm³/mol. The number of aromatic nitrogens is 2. The molecule has 0 saturated heterocycles. The van der Waals surface area contributed by atoms with Gasteiger partial charge in [-0.2, -0.15) is 0 Å². The van der Waals surface area contributed by atoms with Gasteiger partial charge in [0.25, 0.3) is 0 Å². The van der Waals surface area contributed by atoms with E-state index in [1.807, 2.05) is 32.0 Å². The molecule has 0 aliphatic rings. The maximum Gasteiger partial charge on any atom is 0.159 e. The zero-order valence-electron chi connectivity index (χ0n) is 13.8. The predicted octanol–water partition coefficient (Wildman–Crippen LogP) is 4.96. The Bertz CT molecular complexity index is 858. The highest BCUT2D eigenvalue weighted by atomic mass is 35.5. The van der Waals surface area contributed by atoms with E-state index >= 15 is 0 Å². The van der Waals surface area contributed by atoms with Gasteiger partial charge in [0, 0.05) is 11.4 Å². The molecule has 3 aromatic rings. The van der Waals surface area contributed by atoms with E-state index in [0.29, 0.717) is 23.0 Å². The molecule has 0 amide bonds. The molecule has 0 saturated carbocycles. The summed E-state index contributed by atoms with van der Waals surface area (Å²) in [6, 6.07) is 10.3. The van der Waals surface area contributed by atoms with E-state index in [1.165, 1.54) is 24.0 Å². The van der Waals surface area contributed by atoms with Gasteiger partial charge in [-0.3, -0.25) is 0 Å². The van der Waals surface area contributed by atoms with E-state index in [2.05, 4.69) is 20.6 Å². The van der Waals surface area contributed by atoms with Crippen LogP contribution in [-0.2, 0) is 0 Å². The van der Waals surface area contributed by atoms with Crippen LogP contribution in [0.4, 0.5) is 33.1 Å². The third-order valence-corrected chi connectivity index (χ3v) is 4.13. The molecule has 0 bridgehead atoms. The number of anilines is 5. The van der Waals surface area contributed by atoms with Gasteiger partial charge in [-0.15, -0.1) is 0 Å². The molecule has 1 heterocycles. The standard InChI is InChI=1S/C18H17ClFN5/c1-10-3-4-12(7-11(10)2)24-17-16(21)18(23-9-22-17)25-13-5-6-15(20)14(19)8-13/h3-9H,21H2,1-2H3,(H2,22,23,24,25). The second kappa shape index (κ2) is 6.94. The molecule has 0 radical (unpaired) electrons. The molecule has 0 fully saturated rings. The highest BCUT2D eigenvalue weighted by Crippen LogP contribution is 2.29. The van der Waals surface area contributed by atoms with Crippen LogP contribution >= 0.6 is 11.6 Å². The van der Waals surface area contributed by atoms with Crippen molar-refractivity contribution in [3.05, 3.63) is 64.7 Å². The summed E-state index contributed by atoms with van der Waals surface area (Å²) in [5.41, 5.74) is 10.3. The van der Waals surface area contributed by atoms with Crippen LogP contribution < -0.4 is 16.4 Å². The Hall–Kier alpha value is -2.86. The van der Waals surface area contributed by atoms with Crippen molar-refractivity contribution in [1.29, 1.82) is 0 Å². The lowest BCUT2D eigenvalue weighted by Gasteiger charge is -2.13. The fourth-order valence-electron chi connectivity index (χ4n) is 2.26. The molecule has 3 rings (SSSR count). The van der Waals surface area contributed by atoms with E-state index in [1.54, 1.807) is 6.07 Å². The summed E-state index contributed by atoms with van der Waals surface area (Å²) in [7, 11) is 0. The SMILES string of the molecule is Cc1ccc(Nc2ncnc(Nc3ccc(F)c(Cl)c3)c2N)cc1C. The first-order valence-corrected chi connectivity index (χ1v) is 7.98. The molecule has 4 N–H and O–H groups in total. The Morgan fingerprint density at radius 3 is 2.12 bits per heavy atom. The van der Waals surface area contributed by atoms with Crippen molar-refractivity contribution >= 4 is 40.3 Å². The number of aryl methyl sites for hydroxylation is 2. The Morgan fingerprint density at radius 2 is 1.52 bits per heavy atom. The van der Waals surface area contributed by atoms with Crippen molar-refractivity contribution in [1.82, 2.24) is 9.97 Å². The highest BCUT2D eigenvalue weighted by molar-refractivity contribution is 6.31. The fourth-order valence-corrected chi connectivity index (χ4v) is 2.44.